The minimum atomic E-state index is -1.06. The van der Waals surface area contributed by atoms with Crippen molar-refractivity contribution in [1.29, 1.82) is 0 Å². The molecule has 129 valence electrons. The van der Waals surface area contributed by atoms with Gasteiger partial charge in [-0.15, -0.1) is 40.6 Å². The normalized spacial score (nSPS) is 20.7. The van der Waals surface area contributed by atoms with Gasteiger partial charge in [-0.25, -0.2) is 0 Å². The van der Waals surface area contributed by atoms with E-state index in [1.54, 1.807) is 15.0 Å². The van der Waals surface area contributed by atoms with Crippen LogP contribution >= 0.6 is 11.8 Å². The Morgan fingerprint density at radius 3 is 2.40 bits per heavy atom. The number of hydrogen-bond donors (Lipinski definition) is 0. The number of benzene rings is 1. The topological polar surface area (TPSA) is 0 Å². The first-order chi connectivity index (χ1) is 10.5. The largest absolute Gasteiger partial charge is 3.00 e. The quantitative estimate of drug-likeness (QED) is 0.379. The third kappa shape index (κ3) is 3.73. The molecule has 1 aliphatic carbocycles. The molecule has 1 atom stereocenters. The van der Waals surface area contributed by atoms with Gasteiger partial charge in [0.25, 0.3) is 0 Å². The minimum Gasteiger partial charge on any atom is -1.00 e. The Morgan fingerprint density at radius 1 is 1.04 bits per heavy atom. The Labute approximate surface area is 187 Å². The predicted molar refractivity (Wildman–Crippen MR) is 102 cm³/mol. The van der Waals surface area contributed by atoms with Gasteiger partial charge in [-0.05, 0) is 16.7 Å². The molecule has 0 nitrogen and oxygen atoms in total. The van der Waals surface area contributed by atoms with Gasteiger partial charge in [0.05, 0.1) is 0 Å². The molecule has 25 heavy (non-hydrogen) atoms. The fourth-order valence-electron chi connectivity index (χ4n) is 4.10. The molecule has 2 aliphatic heterocycles. The summed E-state index contributed by atoms with van der Waals surface area (Å²) < 4.78 is 0. The van der Waals surface area contributed by atoms with E-state index in [2.05, 4.69) is 75.5 Å². The van der Waals surface area contributed by atoms with E-state index in [0.717, 1.165) is 5.92 Å². The third-order valence-electron chi connectivity index (χ3n) is 5.12. The van der Waals surface area contributed by atoms with E-state index in [9.17, 15) is 0 Å². The zero-order valence-corrected chi connectivity index (χ0v) is 20.6. The van der Waals surface area contributed by atoms with E-state index < -0.39 is 8.07 Å². The van der Waals surface area contributed by atoms with Gasteiger partial charge in [-0.2, -0.15) is 6.07 Å². The summed E-state index contributed by atoms with van der Waals surface area (Å²) in [7, 11) is -1.06. The molecule has 5 heteroatoms. The van der Waals surface area contributed by atoms with Crippen molar-refractivity contribution in [2.24, 2.45) is 5.92 Å². The summed E-state index contributed by atoms with van der Waals surface area (Å²) in [5, 5.41) is 6.29. The van der Waals surface area contributed by atoms with Crippen molar-refractivity contribution in [3.8, 4) is 0 Å². The SMILES string of the molecule is CC1=C2C3C(=CC=C3[Si]2(C)C)S1.Cc1cc2ccccc2[cH-]1.[Cl-].[Cl-].[Zr+3]. The molecule has 0 aromatic heterocycles. The number of aryl methyl sites for hydroxylation is 1. The van der Waals surface area contributed by atoms with Crippen LogP contribution in [-0.4, -0.2) is 8.07 Å². The molecule has 0 amide bonds. The second-order valence-corrected chi connectivity index (χ2v) is 12.6. The van der Waals surface area contributed by atoms with E-state index in [1.807, 2.05) is 17.0 Å². The molecule has 0 bridgehead atoms. The van der Waals surface area contributed by atoms with Crippen LogP contribution in [0.5, 0.6) is 0 Å². The average Bonchev–Trinajstić information content (AvgIpc) is 3.07. The van der Waals surface area contributed by atoms with Gasteiger partial charge in [-0.1, -0.05) is 60.4 Å². The molecular formula is C20H21Cl2SSiZr. The number of halogens is 2. The van der Waals surface area contributed by atoms with Gasteiger partial charge < -0.3 is 24.8 Å². The molecule has 1 radical (unpaired) electrons. The summed E-state index contributed by atoms with van der Waals surface area (Å²) in [5.41, 5.74) is 1.35. The monoisotopic (exact) mass is 481 g/mol. The van der Waals surface area contributed by atoms with Crippen LogP contribution in [0, 0.1) is 12.8 Å². The van der Waals surface area contributed by atoms with Crippen molar-refractivity contribution in [3.05, 3.63) is 74.3 Å². The Bertz CT molecular complexity index is 844. The molecule has 1 fully saturated rings. The summed E-state index contributed by atoms with van der Waals surface area (Å²) in [6.07, 6.45) is 4.72. The second-order valence-electron chi connectivity index (χ2n) is 6.98. The molecule has 0 spiro atoms. The Kier molecular flexibility index (Phi) is 7.77. The molecule has 2 heterocycles. The van der Waals surface area contributed by atoms with Gasteiger partial charge in [0.1, 0.15) is 8.07 Å². The van der Waals surface area contributed by atoms with Crippen molar-refractivity contribution in [2.75, 3.05) is 0 Å². The number of rotatable bonds is 0. The van der Waals surface area contributed by atoms with Crippen molar-refractivity contribution >= 4 is 30.6 Å². The molecule has 1 saturated heterocycles. The molecule has 0 saturated carbocycles. The van der Waals surface area contributed by atoms with Crippen LogP contribution in [0.1, 0.15) is 12.5 Å². The molecule has 2 aromatic carbocycles. The van der Waals surface area contributed by atoms with Gasteiger partial charge in [0.15, 0.2) is 0 Å². The van der Waals surface area contributed by atoms with E-state index in [-0.39, 0.29) is 51.0 Å². The summed E-state index contributed by atoms with van der Waals surface area (Å²) in [6, 6.07) is 12.8. The van der Waals surface area contributed by atoms with E-state index in [0.29, 0.717) is 0 Å². The van der Waals surface area contributed by atoms with Crippen molar-refractivity contribution in [2.45, 2.75) is 26.9 Å². The second kappa shape index (κ2) is 8.40. The van der Waals surface area contributed by atoms with Crippen LogP contribution in [0.2, 0.25) is 13.1 Å². The zero-order valence-electron chi connectivity index (χ0n) is 14.9. The maximum atomic E-state index is 2.48. The Balaban J connectivity index is 0.000000226. The zero-order chi connectivity index (χ0) is 15.5. The maximum Gasteiger partial charge on any atom is 3.00 e. The number of hydrogen-bond acceptors (Lipinski definition) is 1. The predicted octanol–water partition coefficient (Wildman–Crippen LogP) is 0.120. The van der Waals surface area contributed by atoms with E-state index >= 15 is 0 Å². The van der Waals surface area contributed by atoms with Gasteiger partial charge in [0.2, 0.25) is 0 Å². The fraction of sp³-hybridized carbons (Fsp3) is 0.250. The molecule has 3 aliphatic rings. The van der Waals surface area contributed by atoms with E-state index in [4.69, 9.17) is 0 Å². The first kappa shape index (κ1) is 23.1. The summed E-state index contributed by atoms with van der Waals surface area (Å²) >= 11 is 2.01. The Hall–Kier alpha value is 0.0800. The third-order valence-corrected chi connectivity index (χ3v) is 10.3. The van der Waals surface area contributed by atoms with Crippen LogP contribution in [-0.2, 0) is 26.2 Å². The number of allylic oxidation sites excluding steroid dienone is 6. The van der Waals surface area contributed by atoms with E-state index in [1.165, 1.54) is 16.3 Å². The smallest absolute Gasteiger partial charge is 1.00 e. The van der Waals surface area contributed by atoms with Crippen molar-refractivity contribution < 1.29 is 51.0 Å². The summed E-state index contributed by atoms with van der Waals surface area (Å²) in [4.78, 5) is 3.21. The first-order valence-corrected chi connectivity index (χ1v) is 11.7. The standard InChI is InChI=1S/C10H12SSi.C10H9.2ClH.Zr/c1-6-10-9-7(11-6)4-5-8(9)12(10,2)3;1-8-6-9-4-2-3-5-10(9)7-8;;;/h4-5,9H,1-3H3;2-7H,1H3;2*1H;/q;-1;;;+3/p-2. The number of fused-ring (bicyclic) bond motifs is 1. The van der Waals surface area contributed by atoms with Gasteiger partial charge >= 0.3 is 26.2 Å². The van der Waals surface area contributed by atoms with Gasteiger partial charge in [0, 0.05) is 5.92 Å². The molecule has 5 rings (SSSR count). The summed E-state index contributed by atoms with van der Waals surface area (Å²) in [6.45, 7) is 9.39. The van der Waals surface area contributed by atoms with Crippen LogP contribution in [0.3, 0.4) is 0 Å². The van der Waals surface area contributed by atoms with Crippen LogP contribution in [0.15, 0.2) is 68.8 Å². The first-order valence-electron chi connectivity index (χ1n) is 7.92. The molecule has 0 N–H and O–H groups in total. The van der Waals surface area contributed by atoms with Gasteiger partial charge in [-0.3, -0.25) is 0 Å². The van der Waals surface area contributed by atoms with Crippen LogP contribution in [0.4, 0.5) is 0 Å². The maximum absolute atomic E-state index is 2.48. The van der Waals surface area contributed by atoms with Crippen molar-refractivity contribution in [3.63, 3.8) is 0 Å². The average molecular weight is 484 g/mol. The molecular weight excluding hydrogens is 463 g/mol. The summed E-state index contributed by atoms with van der Waals surface area (Å²) in [5.74, 6) is 0.789. The number of thioether (sulfide) groups is 1. The van der Waals surface area contributed by atoms with Crippen LogP contribution in [0.25, 0.3) is 10.8 Å². The Morgan fingerprint density at radius 2 is 1.72 bits per heavy atom. The van der Waals surface area contributed by atoms with Crippen molar-refractivity contribution in [1.82, 2.24) is 0 Å². The minimum absolute atomic E-state index is 0. The molecule has 2 aromatic rings. The fourth-order valence-corrected chi connectivity index (χ4v) is 9.82. The van der Waals surface area contributed by atoms with Crippen LogP contribution < -0.4 is 24.8 Å². The molecule has 1 unspecified atom stereocenters.